The molecule has 2 heterocycles. The van der Waals surface area contributed by atoms with Crippen molar-refractivity contribution in [1.82, 2.24) is 10.3 Å². The molecular formula is C19H23N5O2S. The largest absolute Gasteiger partial charge is 0.490 e. The predicted octanol–water partition coefficient (Wildman–Crippen LogP) is 2.93. The number of nitrogens with zero attached hydrogens (tertiary/aromatic N) is 2. The van der Waals surface area contributed by atoms with E-state index in [2.05, 4.69) is 19.4 Å². The summed E-state index contributed by atoms with van der Waals surface area (Å²) in [5.41, 5.74) is 8.48. The fourth-order valence-electron chi connectivity index (χ4n) is 2.65. The Morgan fingerprint density at radius 2 is 2.19 bits per heavy atom. The number of ether oxygens (including phenoxy) is 1. The summed E-state index contributed by atoms with van der Waals surface area (Å²) in [4.78, 5) is 16.8. The van der Waals surface area contributed by atoms with E-state index in [0.717, 1.165) is 23.4 Å². The molecular weight excluding hydrogens is 362 g/mol. The second-order valence-electron chi connectivity index (χ2n) is 6.86. The number of amidine groups is 1. The smallest absolute Gasteiger partial charge is 0.251 e. The summed E-state index contributed by atoms with van der Waals surface area (Å²) in [5, 5.41) is 3.01. The Labute approximate surface area is 163 Å². The lowest BCUT2D eigenvalue weighted by Gasteiger charge is -2.27. The van der Waals surface area contributed by atoms with Crippen LogP contribution in [0.1, 0.15) is 42.4 Å². The Bertz CT molecular complexity index is 882. The average molecular weight is 385 g/mol. The van der Waals surface area contributed by atoms with Gasteiger partial charge in [-0.15, -0.1) is 0 Å². The van der Waals surface area contributed by atoms with Crippen LogP contribution in [0.2, 0.25) is 0 Å². The molecule has 0 unspecified atom stereocenters. The van der Waals surface area contributed by atoms with Crippen molar-refractivity contribution in [3.63, 3.8) is 0 Å². The topological polar surface area (TPSA) is 102 Å². The number of hydrogen-bond donors (Lipinski definition) is 3. The van der Waals surface area contributed by atoms with Gasteiger partial charge in [-0.2, -0.15) is 4.40 Å². The number of aryl methyl sites for hydroxylation is 1. The van der Waals surface area contributed by atoms with Crippen LogP contribution < -0.4 is 20.5 Å². The molecule has 27 heavy (non-hydrogen) atoms. The number of carbonyl (C=O) groups excluding carboxylic acids is 1. The molecule has 1 aromatic carbocycles. The molecule has 0 fully saturated rings. The average Bonchev–Trinajstić information content (AvgIpc) is 2.66. The van der Waals surface area contributed by atoms with Gasteiger partial charge in [0, 0.05) is 17.5 Å². The van der Waals surface area contributed by atoms with E-state index in [4.69, 9.17) is 10.5 Å². The summed E-state index contributed by atoms with van der Waals surface area (Å²) in [7, 11) is 0. The first-order valence-electron chi connectivity index (χ1n) is 8.69. The molecule has 0 saturated heterocycles. The Morgan fingerprint density at radius 3 is 2.96 bits per heavy atom. The van der Waals surface area contributed by atoms with E-state index >= 15 is 0 Å². The van der Waals surface area contributed by atoms with Gasteiger partial charge in [-0.25, -0.2) is 0 Å². The van der Waals surface area contributed by atoms with Gasteiger partial charge in [-0.3, -0.25) is 9.78 Å². The maximum atomic E-state index is 12.6. The molecule has 0 radical (unpaired) electrons. The predicted molar refractivity (Wildman–Crippen MR) is 109 cm³/mol. The van der Waals surface area contributed by atoms with E-state index in [0.29, 0.717) is 17.1 Å². The van der Waals surface area contributed by atoms with Crippen LogP contribution in [0.25, 0.3) is 0 Å². The highest BCUT2D eigenvalue weighted by molar-refractivity contribution is 7.99. The standard InChI is InChI=1S/C19H23N5O2S/c1-4-13-10-12(8-9-21-13)18(25)22-19(2,3)11-26-15-7-5-6-14-16(15)17(20)24-27-23-14/h5-10,23H,4,11H2,1-3H3,(H2,20,24)(H,22,25). The third-order valence-corrected chi connectivity index (χ3v) is 4.66. The van der Waals surface area contributed by atoms with Gasteiger partial charge in [-0.1, -0.05) is 13.0 Å². The third kappa shape index (κ3) is 4.51. The van der Waals surface area contributed by atoms with Crippen molar-refractivity contribution in [2.75, 3.05) is 11.3 Å². The summed E-state index contributed by atoms with van der Waals surface area (Å²) in [6.07, 6.45) is 2.43. The summed E-state index contributed by atoms with van der Waals surface area (Å²) in [5.74, 6) is 0.881. The van der Waals surface area contributed by atoms with Crippen LogP contribution in [-0.2, 0) is 6.42 Å². The Hall–Kier alpha value is -2.74. The van der Waals surface area contributed by atoms with Crippen LogP contribution in [0.15, 0.2) is 40.9 Å². The number of nitrogens with one attached hydrogen (secondary N) is 2. The number of nitrogens with two attached hydrogens (primary N) is 1. The monoisotopic (exact) mass is 385 g/mol. The minimum absolute atomic E-state index is 0.157. The highest BCUT2D eigenvalue weighted by atomic mass is 32.2. The van der Waals surface area contributed by atoms with Crippen molar-refractivity contribution in [1.29, 1.82) is 0 Å². The summed E-state index contributed by atoms with van der Waals surface area (Å²) < 4.78 is 13.2. The number of amides is 1. The molecule has 8 heteroatoms. The number of rotatable bonds is 6. The Kier molecular flexibility index (Phi) is 5.55. The van der Waals surface area contributed by atoms with Gasteiger partial charge in [0.1, 0.15) is 18.2 Å². The second kappa shape index (κ2) is 7.87. The zero-order valence-electron chi connectivity index (χ0n) is 15.6. The second-order valence-corrected chi connectivity index (χ2v) is 7.43. The Balaban J connectivity index is 1.69. The zero-order valence-corrected chi connectivity index (χ0v) is 16.4. The van der Waals surface area contributed by atoms with Crippen LogP contribution in [0.4, 0.5) is 5.69 Å². The number of fused-ring (bicyclic) bond motifs is 1. The maximum absolute atomic E-state index is 12.6. The lowest BCUT2D eigenvalue weighted by Crippen LogP contribution is -2.48. The molecule has 0 saturated carbocycles. The van der Waals surface area contributed by atoms with Crippen molar-refractivity contribution in [2.45, 2.75) is 32.7 Å². The lowest BCUT2D eigenvalue weighted by atomic mass is 10.1. The van der Waals surface area contributed by atoms with Crippen LogP contribution in [0.3, 0.4) is 0 Å². The number of aromatic nitrogens is 1. The molecule has 1 aliphatic rings. The van der Waals surface area contributed by atoms with Crippen molar-refractivity contribution in [3.8, 4) is 5.75 Å². The first kappa shape index (κ1) is 19.0. The van der Waals surface area contributed by atoms with Crippen molar-refractivity contribution in [2.24, 2.45) is 10.1 Å². The molecule has 0 atom stereocenters. The van der Waals surface area contributed by atoms with Gasteiger partial charge >= 0.3 is 0 Å². The highest BCUT2D eigenvalue weighted by Gasteiger charge is 2.24. The van der Waals surface area contributed by atoms with Crippen molar-refractivity contribution < 1.29 is 9.53 Å². The highest BCUT2D eigenvalue weighted by Crippen LogP contribution is 2.32. The Morgan fingerprint density at radius 1 is 1.37 bits per heavy atom. The van der Waals surface area contributed by atoms with E-state index in [1.807, 2.05) is 39.0 Å². The lowest BCUT2D eigenvalue weighted by molar-refractivity contribution is 0.0880. The van der Waals surface area contributed by atoms with Gasteiger partial charge < -0.3 is 20.5 Å². The van der Waals surface area contributed by atoms with E-state index in [9.17, 15) is 4.79 Å². The van der Waals surface area contributed by atoms with E-state index < -0.39 is 5.54 Å². The van der Waals surface area contributed by atoms with Crippen molar-refractivity contribution in [3.05, 3.63) is 53.3 Å². The molecule has 0 spiro atoms. The maximum Gasteiger partial charge on any atom is 0.251 e. The van der Waals surface area contributed by atoms with Gasteiger partial charge in [0.05, 0.1) is 28.9 Å². The van der Waals surface area contributed by atoms with Gasteiger partial charge in [0.2, 0.25) is 0 Å². The van der Waals surface area contributed by atoms with Crippen LogP contribution in [0.5, 0.6) is 5.75 Å². The quantitative estimate of drug-likeness (QED) is 0.661. The number of anilines is 1. The SMILES string of the molecule is CCc1cc(C(=O)NC(C)(C)COc2cccc3c2C(N)=NSN3)ccn1. The van der Waals surface area contributed by atoms with Crippen LogP contribution in [0, 0.1) is 0 Å². The first-order chi connectivity index (χ1) is 12.9. The fourth-order valence-corrected chi connectivity index (χ4v) is 3.16. The number of pyridine rings is 1. The zero-order chi connectivity index (χ0) is 19.4. The van der Waals surface area contributed by atoms with Crippen molar-refractivity contribution >= 4 is 29.6 Å². The van der Waals surface area contributed by atoms with Crippen LogP contribution >= 0.6 is 12.1 Å². The molecule has 4 N–H and O–H groups in total. The van der Waals surface area contributed by atoms with E-state index in [1.165, 1.54) is 12.1 Å². The first-order valence-corrected chi connectivity index (χ1v) is 9.46. The molecule has 7 nitrogen and oxygen atoms in total. The molecule has 3 rings (SSSR count). The molecule has 2 aromatic rings. The molecule has 0 bridgehead atoms. The minimum atomic E-state index is -0.585. The fraction of sp³-hybridized carbons (Fsp3) is 0.316. The normalized spacial score (nSPS) is 13.2. The number of hydrogen-bond acceptors (Lipinski definition) is 7. The molecule has 1 amide bonds. The number of benzene rings is 1. The summed E-state index contributed by atoms with van der Waals surface area (Å²) in [6, 6.07) is 9.15. The third-order valence-electron chi connectivity index (χ3n) is 4.06. The van der Waals surface area contributed by atoms with Crippen LogP contribution in [-0.4, -0.2) is 28.9 Å². The molecule has 0 aliphatic carbocycles. The molecule has 1 aliphatic heterocycles. The van der Waals surface area contributed by atoms with Gasteiger partial charge in [0.25, 0.3) is 5.91 Å². The van der Waals surface area contributed by atoms with E-state index in [1.54, 1.807) is 18.3 Å². The van der Waals surface area contributed by atoms with Gasteiger partial charge in [-0.05, 0) is 44.5 Å². The summed E-state index contributed by atoms with van der Waals surface area (Å²) >= 11 is 1.18. The minimum Gasteiger partial charge on any atom is -0.490 e. The van der Waals surface area contributed by atoms with Gasteiger partial charge in [0.15, 0.2) is 0 Å². The molecule has 142 valence electrons. The summed E-state index contributed by atoms with van der Waals surface area (Å²) in [6.45, 7) is 6.10. The molecule has 1 aromatic heterocycles. The van der Waals surface area contributed by atoms with E-state index in [-0.39, 0.29) is 12.5 Å². The number of carbonyl (C=O) groups is 1.